The van der Waals surface area contributed by atoms with E-state index in [2.05, 4.69) is 20.7 Å². The lowest BCUT2D eigenvalue weighted by molar-refractivity contribution is -0.133. The number of furan rings is 1. The molecule has 0 saturated heterocycles. The molecule has 2 aromatic heterocycles. The second kappa shape index (κ2) is 9.50. The molecule has 0 bridgehead atoms. The monoisotopic (exact) mass is 410 g/mol. The van der Waals surface area contributed by atoms with Crippen LogP contribution in [0.5, 0.6) is 0 Å². The molecule has 0 aliphatic heterocycles. The zero-order valence-electron chi connectivity index (χ0n) is 16.6. The van der Waals surface area contributed by atoms with Crippen LogP contribution in [0.4, 0.5) is 0 Å². The van der Waals surface area contributed by atoms with Crippen LogP contribution in [0.25, 0.3) is 5.69 Å². The summed E-state index contributed by atoms with van der Waals surface area (Å²) in [6.45, 7) is 1.47. The second-order valence-corrected chi connectivity index (χ2v) is 6.55. The normalized spacial score (nSPS) is 11.5. The smallest absolute Gasteiger partial charge is 0.287 e. The maximum absolute atomic E-state index is 12.4. The molecule has 2 N–H and O–H groups in total. The van der Waals surface area contributed by atoms with Crippen LogP contribution in [-0.2, 0) is 9.59 Å². The van der Waals surface area contributed by atoms with E-state index in [1.807, 2.05) is 31.2 Å². The first-order valence-electron chi connectivity index (χ1n) is 9.24. The Morgan fingerprint density at radius 2 is 1.90 bits per heavy atom. The Balaban J connectivity index is 1.46. The summed E-state index contributed by atoms with van der Waals surface area (Å²) in [5, 5.41) is 9.00. The predicted molar refractivity (Wildman–Crippen MR) is 107 cm³/mol. The molecule has 0 saturated carbocycles. The van der Waals surface area contributed by atoms with Gasteiger partial charge in [0.05, 0.1) is 31.1 Å². The van der Waals surface area contributed by atoms with Gasteiger partial charge in [-0.05, 0) is 36.8 Å². The summed E-state index contributed by atoms with van der Waals surface area (Å²) in [6.07, 6.45) is 4.43. The van der Waals surface area contributed by atoms with Crippen molar-refractivity contribution < 1.29 is 18.8 Å². The van der Waals surface area contributed by atoms with Gasteiger partial charge >= 0.3 is 0 Å². The molecule has 3 aromatic rings. The van der Waals surface area contributed by atoms with E-state index < -0.39 is 11.8 Å². The minimum atomic E-state index is -0.499. The van der Waals surface area contributed by atoms with Gasteiger partial charge in [0.1, 0.15) is 12.7 Å². The van der Waals surface area contributed by atoms with Gasteiger partial charge in [0.25, 0.3) is 5.91 Å². The van der Waals surface area contributed by atoms with Gasteiger partial charge in [-0.3, -0.25) is 14.4 Å². The molecule has 156 valence electrons. The van der Waals surface area contributed by atoms with E-state index in [1.54, 1.807) is 29.0 Å². The number of nitrogens with zero attached hydrogens (tertiary/aromatic N) is 4. The molecule has 1 aromatic carbocycles. The van der Waals surface area contributed by atoms with Gasteiger partial charge in [-0.15, -0.1) is 0 Å². The van der Waals surface area contributed by atoms with Crippen molar-refractivity contribution in [1.82, 2.24) is 30.3 Å². The summed E-state index contributed by atoms with van der Waals surface area (Å²) in [5.41, 5.74) is 1.80. The molecule has 0 aliphatic carbocycles. The van der Waals surface area contributed by atoms with Crippen molar-refractivity contribution in [3.8, 4) is 5.69 Å². The van der Waals surface area contributed by atoms with E-state index in [-0.39, 0.29) is 30.8 Å². The van der Waals surface area contributed by atoms with E-state index in [4.69, 9.17) is 4.42 Å². The summed E-state index contributed by atoms with van der Waals surface area (Å²) >= 11 is 0. The number of amides is 3. The number of nitrogens with one attached hydrogen (secondary N) is 2. The van der Waals surface area contributed by atoms with Crippen molar-refractivity contribution in [3.05, 3.63) is 66.6 Å². The number of hydrogen-bond donors (Lipinski definition) is 2. The first-order valence-corrected chi connectivity index (χ1v) is 9.24. The minimum absolute atomic E-state index is 0.113. The number of aromatic nitrogens is 3. The summed E-state index contributed by atoms with van der Waals surface area (Å²) < 4.78 is 6.58. The fraction of sp³-hybridized carbons (Fsp3) is 0.250. The van der Waals surface area contributed by atoms with Crippen LogP contribution in [0.1, 0.15) is 29.1 Å². The molecular weight excluding hydrogens is 388 g/mol. The van der Waals surface area contributed by atoms with E-state index in [1.165, 1.54) is 18.7 Å². The Bertz CT molecular complexity index is 983. The molecule has 30 heavy (non-hydrogen) atoms. The fourth-order valence-corrected chi connectivity index (χ4v) is 2.70. The van der Waals surface area contributed by atoms with Crippen LogP contribution >= 0.6 is 0 Å². The highest BCUT2D eigenvalue weighted by atomic mass is 16.3. The maximum atomic E-state index is 12.4. The number of likely N-dealkylation sites (N-methyl/N-ethyl adjacent to an activating group) is 1. The zero-order chi connectivity index (χ0) is 21.5. The van der Waals surface area contributed by atoms with Crippen molar-refractivity contribution in [1.29, 1.82) is 0 Å². The quantitative estimate of drug-likeness (QED) is 0.570. The van der Waals surface area contributed by atoms with Crippen molar-refractivity contribution in [2.45, 2.75) is 13.0 Å². The number of rotatable bonds is 8. The highest BCUT2D eigenvalue weighted by Gasteiger charge is 2.18. The van der Waals surface area contributed by atoms with E-state index in [9.17, 15) is 14.4 Å². The third kappa shape index (κ3) is 5.10. The average molecular weight is 410 g/mol. The Labute approximate surface area is 172 Å². The summed E-state index contributed by atoms with van der Waals surface area (Å²) in [5.74, 6) is -1.11. The molecule has 2 heterocycles. The van der Waals surface area contributed by atoms with Crippen molar-refractivity contribution in [3.63, 3.8) is 0 Å². The molecule has 3 amide bonds. The van der Waals surface area contributed by atoms with Crippen LogP contribution in [0, 0.1) is 0 Å². The van der Waals surface area contributed by atoms with Gasteiger partial charge < -0.3 is 20.0 Å². The first kappa shape index (κ1) is 20.8. The summed E-state index contributed by atoms with van der Waals surface area (Å²) in [4.78, 5) is 41.5. The number of carbonyl (C=O) groups excluding carboxylic acids is 3. The number of hydrogen-bond acceptors (Lipinski definition) is 6. The number of carbonyl (C=O) groups is 3. The lowest BCUT2D eigenvalue weighted by Gasteiger charge is -2.25. The molecular formula is C20H22N6O4. The standard InChI is InChI=1S/C20H22N6O4/c1-14(15-5-7-16(8-6-15)26-13-21-12-24-26)25(2)19(28)11-22-18(27)10-23-20(29)17-4-3-9-30-17/h3-9,12-14H,10-11H2,1-2H3,(H,22,27)(H,23,29)/t14-/m0/s1. The van der Waals surface area contributed by atoms with Crippen molar-refractivity contribution >= 4 is 17.7 Å². The lowest BCUT2D eigenvalue weighted by Crippen LogP contribution is -2.43. The van der Waals surface area contributed by atoms with E-state index >= 15 is 0 Å². The van der Waals surface area contributed by atoms with Crippen LogP contribution < -0.4 is 10.6 Å². The van der Waals surface area contributed by atoms with Crippen LogP contribution in [0.3, 0.4) is 0 Å². The third-order valence-corrected chi connectivity index (χ3v) is 4.62. The van der Waals surface area contributed by atoms with E-state index in [0.29, 0.717) is 0 Å². The Kier molecular flexibility index (Phi) is 6.58. The van der Waals surface area contributed by atoms with Gasteiger partial charge in [0.15, 0.2) is 5.76 Å². The van der Waals surface area contributed by atoms with Crippen molar-refractivity contribution in [2.75, 3.05) is 20.1 Å². The SMILES string of the molecule is C[C@@H](c1ccc(-n2cncn2)cc1)N(C)C(=O)CNC(=O)CNC(=O)c1ccco1. The van der Waals surface area contributed by atoms with E-state index in [0.717, 1.165) is 11.3 Å². The zero-order valence-corrected chi connectivity index (χ0v) is 16.6. The predicted octanol–water partition coefficient (Wildman–Crippen LogP) is 0.926. The number of benzene rings is 1. The molecule has 0 radical (unpaired) electrons. The molecule has 3 rings (SSSR count). The average Bonchev–Trinajstić information content (AvgIpc) is 3.49. The maximum Gasteiger partial charge on any atom is 0.287 e. The fourth-order valence-electron chi connectivity index (χ4n) is 2.70. The van der Waals surface area contributed by atoms with Crippen LogP contribution in [0.15, 0.2) is 59.7 Å². The minimum Gasteiger partial charge on any atom is -0.459 e. The molecule has 0 spiro atoms. The largest absolute Gasteiger partial charge is 0.459 e. The Morgan fingerprint density at radius 1 is 1.13 bits per heavy atom. The third-order valence-electron chi connectivity index (χ3n) is 4.62. The molecule has 10 heteroatoms. The molecule has 0 aliphatic rings. The Hall–Kier alpha value is -3.95. The molecule has 10 nitrogen and oxygen atoms in total. The highest BCUT2D eigenvalue weighted by Crippen LogP contribution is 2.20. The lowest BCUT2D eigenvalue weighted by atomic mass is 10.1. The second-order valence-electron chi connectivity index (χ2n) is 6.55. The van der Waals surface area contributed by atoms with Gasteiger partial charge in [-0.25, -0.2) is 9.67 Å². The highest BCUT2D eigenvalue weighted by molar-refractivity contribution is 5.94. The van der Waals surface area contributed by atoms with Gasteiger partial charge in [-0.2, -0.15) is 5.10 Å². The Morgan fingerprint density at radius 3 is 2.53 bits per heavy atom. The summed E-state index contributed by atoms with van der Waals surface area (Å²) in [7, 11) is 1.67. The van der Waals surface area contributed by atoms with Gasteiger partial charge in [0, 0.05) is 7.05 Å². The molecule has 1 atom stereocenters. The van der Waals surface area contributed by atoms with Crippen molar-refractivity contribution in [2.24, 2.45) is 0 Å². The molecule has 0 fully saturated rings. The van der Waals surface area contributed by atoms with Crippen LogP contribution in [0.2, 0.25) is 0 Å². The van der Waals surface area contributed by atoms with Gasteiger partial charge in [-0.1, -0.05) is 12.1 Å². The summed E-state index contributed by atoms with van der Waals surface area (Å²) in [6, 6.07) is 10.5. The first-order chi connectivity index (χ1) is 14.5. The van der Waals surface area contributed by atoms with Gasteiger partial charge in [0.2, 0.25) is 11.8 Å². The topological polar surface area (TPSA) is 122 Å². The van der Waals surface area contributed by atoms with Crippen LogP contribution in [-0.4, -0.2) is 57.5 Å². The molecule has 0 unspecified atom stereocenters.